The molecule has 1 aromatic heterocycles. The van der Waals surface area contributed by atoms with Crippen LogP contribution in [0.1, 0.15) is 32.1 Å². The van der Waals surface area contributed by atoms with E-state index in [-0.39, 0.29) is 5.91 Å². The summed E-state index contributed by atoms with van der Waals surface area (Å²) >= 11 is 0. The van der Waals surface area contributed by atoms with Crippen LogP contribution >= 0.6 is 0 Å². The standard InChI is InChI=1S/C20H18N4O2/c1-12-7-16(14-3-5-15(6-4-14)19(21)25)9-18(8-12)24-20(26)17-10-22-13(2)23-11-17/h3-11H,1-2H3,(H2,21,25)(H,24,26). The van der Waals surface area contributed by atoms with Crippen LogP contribution in [0.5, 0.6) is 0 Å². The molecule has 0 aliphatic carbocycles. The van der Waals surface area contributed by atoms with E-state index in [9.17, 15) is 9.59 Å². The molecule has 0 saturated heterocycles. The van der Waals surface area contributed by atoms with Crippen LogP contribution in [-0.4, -0.2) is 21.8 Å². The Bertz CT molecular complexity index is 964. The zero-order valence-electron chi connectivity index (χ0n) is 14.5. The Labute approximate surface area is 151 Å². The molecule has 0 aliphatic rings. The minimum Gasteiger partial charge on any atom is -0.366 e. The van der Waals surface area contributed by atoms with Crippen molar-refractivity contribution in [3.8, 4) is 11.1 Å². The number of primary amides is 1. The molecule has 0 radical (unpaired) electrons. The summed E-state index contributed by atoms with van der Waals surface area (Å²) in [5, 5.41) is 2.87. The van der Waals surface area contributed by atoms with E-state index in [1.165, 1.54) is 12.4 Å². The van der Waals surface area contributed by atoms with Gasteiger partial charge in [-0.2, -0.15) is 0 Å². The van der Waals surface area contributed by atoms with Crippen LogP contribution in [0.15, 0.2) is 54.9 Å². The second-order valence-electron chi connectivity index (χ2n) is 6.00. The van der Waals surface area contributed by atoms with Gasteiger partial charge in [0.25, 0.3) is 5.91 Å². The average Bonchev–Trinajstić information content (AvgIpc) is 2.61. The number of rotatable bonds is 4. The van der Waals surface area contributed by atoms with Crippen molar-refractivity contribution in [1.29, 1.82) is 0 Å². The number of anilines is 1. The second kappa shape index (κ2) is 7.14. The van der Waals surface area contributed by atoms with E-state index in [2.05, 4.69) is 15.3 Å². The van der Waals surface area contributed by atoms with Crippen molar-refractivity contribution in [2.45, 2.75) is 13.8 Å². The van der Waals surface area contributed by atoms with Gasteiger partial charge in [-0.15, -0.1) is 0 Å². The van der Waals surface area contributed by atoms with E-state index in [4.69, 9.17) is 5.73 Å². The molecule has 2 amide bonds. The van der Waals surface area contributed by atoms with Crippen molar-refractivity contribution in [3.63, 3.8) is 0 Å². The lowest BCUT2D eigenvalue weighted by Crippen LogP contribution is -2.13. The van der Waals surface area contributed by atoms with Crippen LogP contribution in [0.4, 0.5) is 5.69 Å². The number of carbonyl (C=O) groups is 2. The molecule has 130 valence electrons. The molecular weight excluding hydrogens is 328 g/mol. The topological polar surface area (TPSA) is 98.0 Å². The molecule has 2 aromatic carbocycles. The third-order valence-corrected chi connectivity index (χ3v) is 3.88. The highest BCUT2D eigenvalue weighted by Gasteiger charge is 2.09. The van der Waals surface area contributed by atoms with Crippen molar-refractivity contribution < 1.29 is 9.59 Å². The number of hydrogen-bond acceptors (Lipinski definition) is 4. The Kier molecular flexibility index (Phi) is 4.75. The summed E-state index contributed by atoms with van der Waals surface area (Å²) < 4.78 is 0. The molecule has 0 bridgehead atoms. The molecule has 6 heteroatoms. The quantitative estimate of drug-likeness (QED) is 0.758. The summed E-state index contributed by atoms with van der Waals surface area (Å²) in [6, 6.07) is 12.8. The fourth-order valence-electron chi connectivity index (χ4n) is 2.56. The van der Waals surface area contributed by atoms with Crippen molar-refractivity contribution >= 4 is 17.5 Å². The molecule has 3 N–H and O–H groups in total. The van der Waals surface area contributed by atoms with Gasteiger partial charge in [-0.05, 0) is 54.8 Å². The summed E-state index contributed by atoms with van der Waals surface area (Å²) in [6.45, 7) is 3.71. The second-order valence-corrected chi connectivity index (χ2v) is 6.00. The monoisotopic (exact) mass is 346 g/mol. The van der Waals surface area contributed by atoms with Gasteiger partial charge in [0.1, 0.15) is 5.82 Å². The van der Waals surface area contributed by atoms with Crippen molar-refractivity contribution in [1.82, 2.24) is 9.97 Å². The van der Waals surface area contributed by atoms with Crippen LogP contribution in [0.3, 0.4) is 0 Å². The largest absolute Gasteiger partial charge is 0.366 e. The number of amides is 2. The first-order valence-corrected chi connectivity index (χ1v) is 8.04. The number of carbonyl (C=O) groups excluding carboxylic acids is 2. The zero-order chi connectivity index (χ0) is 18.7. The SMILES string of the molecule is Cc1cc(NC(=O)c2cnc(C)nc2)cc(-c2ccc(C(N)=O)cc2)c1. The fourth-order valence-corrected chi connectivity index (χ4v) is 2.56. The van der Waals surface area contributed by atoms with Crippen LogP contribution in [0, 0.1) is 13.8 Å². The van der Waals surface area contributed by atoms with Crippen LogP contribution in [0.25, 0.3) is 11.1 Å². The van der Waals surface area contributed by atoms with Crippen LogP contribution in [-0.2, 0) is 0 Å². The molecule has 1 heterocycles. The molecular formula is C20H18N4O2. The first kappa shape index (κ1) is 17.3. The highest BCUT2D eigenvalue weighted by Crippen LogP contribution is 2.25. The Hall–Kier alpha value is -3.54. The van der Waals surface area contributed by atoms with E-state index < -0.39 is 5.91 Å². The fraction of sp³-hybridized carbons (Fsp3) is 0.100. The lowest BCUT2D eigenvalue weighted by Gasteiger charge is -2.10. The number of hydrogen-bond donors (Lipinski definition) is 2. The van der Waals surface area contributed by atoms with Gasteiger partial charge in [0.2, 0.25) is 5.91 Å². The van der Waals surface area contributed by atoms with Crippen LogP contribution < -0.4 is 11.1 Å². The van der Waals surface area contributed by atoms with Gasteiger partial charge in [0, 0.05) is 23.6 Å². The van der Waals surface area contributed by atoms with Crippen LogP contribution in [0.2, 0.25) is 0 Å². The van der Waals surface area contributed by atoms with E-state index >= 15 is 0 Å². The third-order valence-electron chi connectivity index (χ3n) is 3.88. The van der Waals surface area contributed by atoms with Gasteiger partial charge in [-0.25, -0.2) is 9.97 Å². The summed E-state index contributed by atoms with van der Waals surface area (Å²) in [4.78, 5) is 31.6. The predicted octanol–water partition coefficient (Wildman–Crippen LogP) is 3.11. The number of nitrogens with one attached hydrogen (secondary N) is 1. The van der Waals surface area contributed by atoms with Gasteiger partial charge in [-0.3, -0.25) is 9.59 Å². The zero-order valence-corrected chi connectivity index (χ0v) is 14.5. The van der Waals surface area contributed by atoms with Crippen molar-refractivity contribution in [2.75, 3.05) is 5.32 Å². The van der Waals surface area contributed by atoms with Crippen molar-refractivity contribution in [2.24, 2.45) is 5.73 Å². The lowest BCUT2D eigenvalue weighted by atomic mass is 10.0. The van der Waals surface area contributed by atoms with Gasteiger partial charge >= 0.3 is 0 Å². The lowest BCUT2D eigenvalue weighted by molar-refractivity contribution is 0.0997. The normalized spacial score (nSPS) is 10.4. The molecule has 6 nitrogen and oxygen atoms in total. The number of nitrogens with two attached hydrogens (primary N) is 1. The number of nitrogens with zero attached hydrogens (tertiary/aromatic N) is 2. The number of benzene rings is 2. The van der Waals surface area contributed by atoms with Gasteiger partial charge in [0.15, 0.2) is 0 Å². The molecule has 3 aromatic rings. The average molecular weight is 346 g/mol. The molecule has 0 atom stereocenters. The van der Waals surface area contributed by atoms with Gasteiger partial charge in [0.05, 0.1) is 5.56 Å². The molecule has 0 unspecified atom stereocenters. The van der Waals surface area contributed by atoms with E-state index in [1.54, 1.807) is 19.1 Å². The molecule has 0 fully saturated rings. The van der Waals surface area contributed by atoms with E-state index in [1.807, 2.05) is 37.3 Å². The predicted molar refractivity (Wildman–Crippen MR) is 99.9 cm³/mol. The molecule has 3 rings (SSSR count). The minimum atomic E-state index is -0.464. The van der Waals surface area contributed by atoms with E-state index in [0.29, 0.717) is 22.6 Å². The van der Waals surface area contributed by atoms with Gasteiger partial charge in [-0.1, -0.05) is 18.2 Å². The summed E-state index contributed by atoms with van der Waals surface area (Å²) in [5.41, 5.74) is 9.64. The highest BCUT2D eigenvalue weighted by molar-refractivity contribution is 6.04. The van der Waals surface area contributed by atoms with Gasteiger partial charge < -0.3 is 11.1 Å². The first-order chi connectivity index (χ1) is 12.4. The molecule has 0 spiro atoms. The van der Waals surface area contributed by atoms with Crippen molar-refractivity contribution in [3.05, 3.63) is 77.4 Å². The smallest absolute Gasteiger partial charge is 0.258 e. The summed E-state index contributed by atoms with van der Waals surface area (Å²) in [5.74, 6) is -0.126. The highest BCUT2D eigenvalue weighted by atomic mass is 16.2. The maximum atomic E-state index is 12.4. The maximum absolute atomic E-state index is 12.4. The molecule has 0 aliphatic heterocycles. The molecule has 26 heavy (non-hydrogen) atoms. The maximum Gasteiger partial charge on any atom is 0.258 e. The Balaban J connectivity index is 1.86. The number of aromatic nitrogens is 2. The Morgan fingerprint density at radius 2 is 1.54 bits per heavy atom. The number of aryl methyl sites for hydroxylation is 2. The minimum absolute atomic E-state index is 0.273. The van der Waals surface area contributed by atoms with E-state index in [0.717, 1.165) is 16.7 Å². The third kappa shape index (κ3) is 3.92. The Morgan fingerprint density at radius 1 is 0.885 bits per heavy atom. The Morgan fingerprint density at radius 3 is 2.15 bits per heavy atom. The molecule has 0 saturated carbocycles. The summed E-state index contributed by atoms with van der Waals surface area (Å²) in [6.07, 6.45) is 2.99. The first-order valence-electron chi connectivity index (χ1n) is 8.04. The summed E-state index contributed by atoms with van der Waals surface area (Å²) in [7, 11) is 0.